The highest BCUT2D eigenvalue weighted by Crippen LogP contribution is 2.33. The standard InChI is InChI=1S/C14H18N2O3/c1-9-12(14(19-4)16(2)15-9)13(17)10-6-5-7-11(8-10)18-3/h5-8,13,17H,1-4H3. The van der Waals surface area contributed by atoms with Crippen LogP contribution in [0.5, 0.6) is 11.6 Å². The molecule has 0 amide bonds. The van der Waals surface area contributed by atoms with Gasteiger partial charge in [0, 0.05) is 7.05 Å². The van der Waals surface area contributed by atoms with Gasteiger partial charge >= 0.3 is 0 Å². The SMILES string of the molecule is COc1cccc(C(O)c2c(C)nn(C)c2OC)c1. The topological polar surface area (TPSA) is 56.5 Å². The van der Waals surface area contributed by atoms with Crippen LogP contribution in [0.2, 0.25) is 0 Å². The lowest BCUT2D eigenvalue weighted by Gasteiger charge is -2.13. The van der Waals surface area contributed by atoms with E-state index in [1.54, 1.807) is 32.0 Å². The number of methoxy groups -OCH3 is 2. The first kappa shape index (κ1) is 13.4. The molecule has 1 unspecified atom stereocenters. The van der Waals surface area contributed by atoms with Gasteiger partial charge in [0.2, 0.25) is 5.88 Å². The Bertz CT molecular complexity index is 578. The van der Waals surface area contributed by atoms with Crippen molar-refractivity contribution in [1.29, 1.82) is 0 Å². The Morgan fingerprint density at radius 2 is 2.00 bits per heavy atom. The van der Waals surface area contributed by atoms with Crippen LogP contribution >= 0.6 is 0 Å². The fraction of sp³-hybridized carbons (Fsp3) is 0.357. The van der Waals surface area contributed by atoms with Gasteiger partial charge in [0.05, 0.1) is 25.5 Å². The molecule has 1 N–H and O–H groups in total. The molecule has 0 radical (unpaired) electrons. The molecule has 2 rings (SSSR count). The van der Waals surface area contributed by atoms with Crippen molar-refractivity contribution in [1.82, 2.24) is 9.78 Å². The molecule has 0 aliphatic heterocycles. The minimum atomic E-state index is -0.793. The van der Waals surface area contributed by atoms with Crippen LogP contribution in [0.4, 0.5) is 0 Å². The third kappa shape index (κ3) is 2.42. The number of aryl methyl sites for hydroxylation is 2. The first-order valence-corrected chi connectivity index (χ1v) is 5.98. The van der Waals surface area contributed by atoms with Gasteiger partial charge in [0.1, 0.15) is 11.9 Å². The Balaban J connectivity index is 2.46. The van der Waals surface area contributed by atoms with Crippen molar-refractivity contribution in [3.8, 4) is 11.6 Å². The van der Waals surface area contributed by atoms with Gasteiger partial charge in [0.25, 0.3) is 0 Å². The number of hydrogen-bond acceptors (Lipinski definition) is 4. The highest BCUT2D eigenvalue weighted by molar-refractivity contribution is 5.41. The molecule has 1 aromatic heterocycles. The van der Waals surface area contributed by atoms with Crippen molar-refractivity contribution < 1.29 is 14.6 Å². The summed E-state index contributed by atoms with van der Waals surface area (Å²) in [5.74, 6) is 1.27. The number of rotatable bonds is 4. The highest BCUT2D eigenvalue weighted by Gasteiger charge is 2.23. The Hall–Kier alpha value is -2.01. The van der Waals surface area contributed by atoms with Crippen LogP contribution in [0, 0.1) is 6.92 Å². The van der Waals surface area contributed by atoms with E-state index in [0.717, 1.165) is 11.3 Å². The molecule has 1 heterocycles. The van der Waals surface area contributed by atoms with Gasteiger partial charge in [-0.1, -0.05) is 12.1 Å². The van der Waals surface area contributed by atoms with Crippen LogP contribution in [-0.4, -0.2) is 29.1 Å². The maximum absolute atomic E-state index is 10.5. The predicted molar refractivity (Wildman–Crippen MR) is 71.6 cm³/mol. The maximum Gasteiger partial charge on any atom is 0.217 e. The van der Waals surface area contributed by atoms with E-state index in [2.05, 4.69) is 5.10 Å². The quantitative estimate of drug-likeness (QED) is 0.913. The number of aromatic nitrogens is 2. The van der Waals surface area contributed by atoms with Gasteiger partial charge in [-0.3, -0.25) is 0 Å². The van der Waals surface area contributed by atoms with E-state index in [-0.39, 0.29) is 0 Å². The Morgan fingerprint density at radius 3 is 2.63 bits per heavy atom. The van der Waals surface area contributed by atoms with Crippen molar-refractivity contribution in [3.05, 3.63) is 41.1 Å². The number of nitrogens with zero attached hydrogens (tertiary/aromatic N) is 2. The molecule has 0 bridgehead atoms. The van der Waals surface area contributed by atoms with E-state index >= 15 is 0 Å². The van der Waals surface area contributed by atoms with Crippen molar-refractivity contribution in [2.75, 3.05) is 14.2 Å². The molecule has 0 fully saturated rings. The summed E-state index contributed by atoms with van der Waals surface area (Å²) in [5, 5.41) is 14.8. The van der Waals surface area contributed by atoms with E-state index in [9.17, 15) is 5.11 Å². The lowest BCUT2D eigenvalue weighted by Crippen LogP contribution is -2.04. The zero-order valence-electron chi connectivity index (χ0n) is 11.5. The van der Waals surface area contributed by atoms with Crippen molar-refractivity contribution in [2.45, 2.75) is 13.0 Å². The molecule has 102 valence electrons. The predicted octanol–water partition coefficient (Wildman–Crippen LogP) is 1.83. The van der Waals surface area contributed by atoms with Gasteiger partial charge < -0.3 is 14.6 Å². The summed E-state index contributed by atoms with van der Waals surface area (Å²) < 4.78 is 12.1. The summed E-state index contributed by atoms with van der Waals surface area (Å²) in [7, 11) is 4.95. The van der Waals surface area contributed by atoms with Crippen LogP contribution in [0.1, 0.15) is 22.9 Å². The number of hydrogen-bond donors (Lipinski definition) is 1. The number of ether oxygens (including phenoxy) is 2. The van der Waals surface area contributed by atoms with Gasteiger partial charge in [-0.25, -0.2) is 4.68 Å². The van der Waals surface area contributed by atoms with Gasteiger partial charge in [-0.05, 0) is 24.6 Å². The fourth-order valence-corrected chi connectivity index (χ4v) is 2.19. The van der Waals surface area contributed by atoms with Crippen molar-refractivity contribution in [2.24, 2.45) is 7.05 Å². The van der Waals surface area contributed by atoms with E-state index in [0.29, 0.717) is 17.2 Å². The average molecular weight is 262 g/mol. The summed E-state index contributed by atoms with van der Waals surface area (Å²) >= 11 is 0. The van der Waals surface area contributed by atoms with Gasteiger partial charge in [-0.2, -0.15) is 5.10 Å². The molecule has 5 nitrogen and oxygen atoms in total. The minimum absolute atomic E-state index is 0.563. The molecular formula is C14H18N2O3. The molecule has 0 saturated heterocycles. The second-order valence-corrected chi connectivity index (χ2v) is 4.31. The van der Waals surface area contributed by atoms with Crippen LogP contribution in [0.15, 0.2) is 24.3 Å². The summed E-state index contributed by atoms with van der Waals surface area (Å²) in [6, 6.07) is 7.33. The Labute approximate surface area is 112 Å². The fourth-order valence-electron chi connectivity index (χ4n) is 2.19. The van der Waals surface area contributed by atoms with E-state index < -0.39 is 6.10 Å². The van der Waals surface area contributed by atoms with Gasteiger partial charge in [0.15, 0.2) is 0 Å². The number of aliphatic hydroxyl groups is 1. The highest BCUT2D eigenvalue weighted by atomic mass is 16.5. The van der Waals surface area contributed by atoms with Crippen LogP contribution in [0.3, 0.4) is 0 Å². The molecule has 0 aliphatic rings. The third-order valence-electron chi connectivity index (χ3n) is 3.09. The van der Waals surface area contributed by atoms with E-state index in [1.807, 2.05) is 25.1 Å². The lowest BCUT2D eigenvalue weighted by atomic mass is 10.0. The molecule has 19 heavy (non-hydrogen) atoms. The van der Waals surface area contributed by atoms with Crippen LogP contribution in [0.25, 0.3) is 0 Å². The smallest absolute Gasteiger partial charge is 0.217 e. The largest absolute Gasteiger partial charge is 0.497 e. The van der Waals surface area contributed by atoms with Crippen LogP contribution in [-0.2, 0) is 7.05 Å². The normalized spacial score (nSPS) is 12.3. The third-order valence-corrected chi connectivity index (χ3v) is 3.09. The minimum Gasteiger partial charge on any atom is -0.497 e. The van der Waals surface area contributed by atoms with E-state index in [4.69, 9.17) is 9.47 Å². The first-order valence-electron chi connectivity index (χ1n) is 5.98. The first-order chi connectivity index (χ1) is 9.08. The molecule has 1 atom stereocenters. The monoisotopic (exact) mass is 262 g/mol. The Kier molecular flexibility index (Phi) is 3.76. The summed E-state index contributed by atoms with van der Waals surface area (Å²) in [6.07, 6.45) is -0.793. The molecule has 0 aliphatic carbocycles. The molecule has 1 aromatic carbocycles. The number of benzene rings is 1. The average Bonchev–Trinajstić information content (AvgIpc) is 2.71. The summed E-state index contributed by atoms with van der Waals surface area (Å²) in [6.45, 7) is 1.85. The van der Waals surface area contributed by atoms with Gasteiger partial charge in [-0.15, -0.1) is 0 Å². The lowest BCUT2D eigenvalue weighted by molar-refractivity contribution is 0.212. The molecule has 0 spiro atoms. The zero-order chi connectivity index (χ0) is 14.0. The molecule has 5 heteroatoms. The van der Waals surface area contributed by atoms with Crippen LogP contribution < -0.4 is 9.47 Å². The maximum atomic E-state index is 10.5. The van der Waals surface area contributed by atoms with Crippen molar-refractivity contribution in [3.63, 3.8) is 0 Å². The molecule has 0 saturated carbocycles. The number of aliphatic hydroxyl groups excluding tert-OH is 1. The van der Waals surface area contributed by atoms with Crippen molar-refractivity contribution >= 4 is 0 Å². The second kappa shape index (κ2) is 5.32. The summed E-state index contributed by atoms with van der Waals surface area (Å²) in [4.78, 5) is 0. The van der Waals surface area contributed by atoms with E-state index in [1.165, 1.54) is 0 Å². The summed E-state index contributed by atoms with van der Waals surface area (Å²) in [5.41, 5.74) is 2.17. The molecule has 2 aromatic rings. The zero-order valence-corrected chi connectivity index (χ0v) is 11.5. The Morgan fingerprint density at radius 1 is 1.26 bits per heavy atom. The molecular weight excluding hydrogens is 244 g/mol. The second-order valence-electron chi connectivity index (χ2n) is 4.31.